The minimum absolute atomic E-state index is 0.250. The second kappa shape index (κ2) is 35.1. The molecule has 0 aromatic carbocycles. The van der Waals surface area contributed by atoms with Gasteiger partial charge < -0.3 is 50.7 Å². The lowest BCUT2D eigenvalue weighted by Crippen LogP contribution is -2.65. The number of hydrogen-bond donors (Lipinski definition) is 8. The van der Waals surface area contributed by atoms with E-state index in [9.17, 15) is 40.2 Å². The Morgan fingerprint density at radius 3 is 1.51 bits per heavy atom. The largest absolute Gasteiger partial charge is 0.394 e. The van der Waals surface area contributed by atoms with Gasteiger partial charge in [0.1, 0.15) is 36.6 Å². The number of amides is 2. The van der Waals surface area contributed by atoms with Gasteiger partial charge in [0, 0.05) is 6.92 Å². The molecule has 4 unspecified atom stereocenters. The van der Waals surface area contributed by atoms with Crippen LogP contribution in [0.25, 0.3) is 0 Å². The van der Waals surface area contributed by atoms with Gasteiger partial charge in [0.05, 0.1) is 25.4 Å². The minimum atomic E-state index is -1.54. The molecular weight excluding hydrogens is 753 g/mol. The van der Waals surface area contributed by atoms with E-state index in [-0.39, 0.29) is 18.3 Å². The number of aliphatic hydroxyl groups is 6. The lowest BCUT2D eigenvalue weighted by atomic mass is 9.83. The molecule has 0 bridgehead atoms. The number of unbranched alkanes of at least 4 members (excludes halogenated alkanes) is 22. The first-order chi connectivity index (χ1) is 28.4. The first kappa shape index (κ1) is 55.6. The van der Waals surface area contributed by atoms with Crippen molar-refractivity contribution in [2.24, 2.45) is 11.8 Å². The van der Waals surface area contributed by atoms with Gasteiger partial charge in [-0.3, -0.25) is 9.59 Å². The van der Waals surface area contributed by atoms with Crippen LogP contribution in [0, 0.1) is 11.8 Å². The van der Waals surface area contributed by atoms with Crippen molar-refractivity contribution in [1.82, 2.24) is 10.6 Å². The second-order valence-corrected chi connectivity index (χ2v) is 18.1. The number of nitrogens with one attached hydrogen (secondary N) is 2. The normalized spacial score (nSPS) is 22.2. The molecule has 12 nitrogen and oxygen atoms in total. The Balaban J connectivity index is 2.68. The molecule has 350 valence electrons. The van der Waals surface area contributed by atoms with Gasteiger partial charge in [0.25, 0.3) is 0 Å². The number of carbonyl (C=O) groups excluding carboxylic acids is 2. The minimum Gasteiger partial charge on any atom is -0.394 e. The molecule has 2 amide bonds. The van der Waals surface area contributed by atoms with Gasteiger partial charge in [-0.15, -0.1) is 0 Å². The maximum absolute atomic E-state index is 13.4. The van der Waals surface area contributed by atoms with E-state index < -0.39 is 80.0 Å². The van der Waals surface area contributed by atoms with Crippen molar-refractivity contribution in [2.75, 3.05) is 13.2 Å². The standard InChI is InChI=1S/C47H92N2O10/c1-6-8-10-12-13-14-15-16-17-18-19-20-21-22-23-24-25-27-29-31-39(52)46(57)49-38(43(54)42(53)37(32-35(3)4)30-28-26-11-9-7-2)34-58-47-41(48-36(5)51)45(56)44(55)40(33-50)59-47/h35,37-45,47,50,52-56H,6-34H2,1-5H3,(H,48,51)(H,49,57)/t37?,38-,39+,40?,41?,42+,43-,44+,45?,47+/m0/s1. The zero-order valence-electron chi connectivity index (χ0n) is 38.2. The highest BCUT2D eigenvalue weighted by molar-refractivity contribution is 5.80. The lowest BCUT2D eigenvalue weighted by Gasteiger charge is -2.43. The summed E-state index contributed by atoms with van der Waals surface area (Å²) in [5.74, 6) is -1.22. The van der Waals surface area contributed by atoms with Crippen LogP contribution in [0.1, 0.15) is 208 Å². The van der Waals surface area contributed by atoms with E-state index in [0.29, 0.717) is 19.3 Å². The lowest BCUT2D eigenvalue weighted by molar-refractivity contribution is -0.273. The quantitative estimate of drug-likeness (QED) is 0.0291. The Labute approximate surface area is 359 Å². The molecule has 59 heavy (non-hydrogen) atoms. The molecule has 0 aliphatic carbocycles. The molecular formula is C47H92N2O10. The summed E-state index contributed by atoms with van der Waals surface area (Å²) in [6.45, 7) is 8.72. The van der Waals surface area contributed by atoms with Crippen LogP contribution in [-0.4, -0.2) is 111 Å². The Kier molecular flexibility index (Phi) is 33.1. The number of rotatable bonds is 38. The van der Waals surface area contributed by atoms with E-state index in [4.69, 9.17) is 9.47 Å². The van der Waals surface area contributed by atoms with Crippen molar-refractivity contribution in [2.45, 2.75) is 263 Å². The van der Waals surface area contributed by atoms with Gasteiger partial charge in [0.15, 0.2) is 6.29 Å². The molecule has 0 spiro atoms. The van der Waals surface area contributed by atoms with E-state index in [0.717, 1.165) is 51.4 Å². The topological polar surface area (TPSA) is 198 Å². The van der Waals surface area contributed by atoms with Crippen LogP contribution in [0.5, 0.6) is 0 Å². The van der Waals surface area contributed by atoms with Crippen LogP contribution in [-0.2, 0) is 19.1 Å². The molecule has 0 saturated carbocycles. The van der Waals surface area contributed by atoms with E-state index in [1.54, 1.807) is 0 Å². The summed E-state index contributed by atoms with van der Waals surface area (Å²) in [7, 11) is 0. The molecule has 1 rings (SSSR count). The predicted molar refractivity (Wildman–Crippen MR) is 236 cm³/mol. The fraction of sp³-hybridized carbons (Fsp3) is 0.957. The molecule has 1 fully saturated rings. The summed E-state index contributed by atoms with van der Waals surface area (Å²) in [6.07, 6.45) is 21.1. The molecule has 0 aromatic heterocycles. The maximum Gasteiger partial charge on any atom is 0.249 e. The number of hydrogen-bond acceptors (Lipinski definition) is 10. The molecule has 1 aliphatic heterocycles. The summed E-state index contributed by atoms with van der Waals surface area (Å²) >= 11 is 0. The average molecular weight is 845 g/mol. The van der Waals surface area contributed by atoms with Crippen molar-refractivity contribution in [3.63, 3.8) is 0 Å². The van der Waals surface area contributed by atoms with Crippen molar-refractivity contribution in [3.8, 4) is 0 Å². The third kappa shape index (κ3) is 25.4. The van der Waals surface area contributed by atoms with Crippen molar-refractivity contribution >= 4 is 11.8 Å². The van der Waals surface area contributed by atoms with Crippen molar-refractivity contribution in [3.05, 3.63) is 0 Å². The van der Waals surface area contributed by atoms with Crippen LogP contribution in [0.3, 0.4) is 0 Å². The van der Waals surface area contributed by atoms with E-state index >= 15 is 0 Å². The summed E-state index contributed by atoms with van der Waals surface area (Å²) in [6, 6.07) is -2.41. The summed E-state index contributed by atoms with van der Waals surface area (Å²) in [5.41, 5.74) is 0. The molecule has 10 atom stereocenters. The molecule has 1 aliphatic rings. The molecule has 1 saturated heterocycles. The van der Waals surface area contributed by atoms with Crippen LogP contribution in [0.15, 0.2) is 0 Å². The second-order valence-electron chi connectivity index (χ2n) is 18.1. The monoisotopic (exact) mass is 845 g/mol. The van der Waals surface area contributed by atoms with Crippen LogP contribution in [0.2, 0.25) is 0 Å². The van der Waals surface area contributed by atoms with Gasteiger partial charge in [-0.2, -0.15) is 0 Å². The Morgan fingerprint density at radius 2 is 1.08 bits per heavy atom. The first-order valence-corrected chi connectivity index (χ1v) is 24.2. The van der Waals surface area contributed by atoms with Gasteiger partial charge in [-0.05, 0) is 31.1 Å². The third-order valence-electron chi connectivity index (χ3n) is 12.1. The average Bonchev–Trinajstić information content (AvgIpc) is 3.21. The fourth-order valence-electron chi connectivity index (χ4n) is 8.42. The summed E-state index contributed by atoms with van der Waals surface area (Å²) in [5, 5.41) is 70.3. The van der Waals surface area contributed by atoms with Crippen LogP contribution in [0.4, 0.5) is 0 Å². The number of aliphatic hydroxyl groups excluding tert-OH is 6. The van der Waals surface area contributed by atoms with E-state index in [1.807, 2.05) is 0 Å². The molecule has 0 radical (unpaired) electrons. The Bertz CT molecular complexity index is 1020. The van der Waals surface area contributed by atoms with Gasteiger partial charge >= 0.3 is 0 Å². The van der Waals surface area contributed by atoms with Crippen molar-refractivity contribution < 1.29 is 49.7 Å². The molecule has 8 N–H and O–H groups in total. The van der Waals surface area contributed by atoms with Gasteiger partial charge in [0.2, 0.25) is 11.8 Å². The molecule has 0 aromatic rings. The van der Waals surface area contributed by atoms with Gasteiger partial charge in [-0.1, -0.05) is 182 Å². The van der Waals surface area contributed by atoms with Crippen LogP contribution >= 0.6 is 0 Å². The number of carbonyl (C=O) groups is 2. The van der Waals surface area contributed by atoms with Gasteiger partial charge in [-0.25, -0.2) is 0 Å². The number of ether oxygens (including phenoxy) is 2. The van der Waals surface area contributed by atoms with E-state index in [1.165, 1.54) is 103 Å². The van der Waals surface area contributed by atoms with E-state index in [2.05, 4.69) is 38.3 Å². The highest BCUT2D eigenvalue weighted by Crippen LogP contribution is 2.27. The predicted octanol–water partition coefficient (Wildman–Crippen LogP) is 7.36. The molecule has 1 heterocycles. The highest BCUT2D eigenvalue weighted by atomic mass is 16.7. The van der Waals surface area contributed by atoms with Crippen LogP contribution < -0.4 is 10.6 Å². The van der Waals surface area contributed by atoms with Crippen molar-refractivity contribution in [1.29, 1.82) is 0 Å². The molecule has 12 heteroatoms. The zero-order chi connectivity index (χ0) is 43.8. The zero-order valence-corrected chi connectivity index (χ0v) is 38.2. The Morgan fingerprint density at radius 1 is 0.644 bits per heavy atom. The third-order valence-corrected chi connectivity index (χ3v) is 12.1. The smallest absolute Gasteiger partial charge is 0.249 e. The highest BCUT2D eigenvalue weighted by Gasteiger charge is 2.46. The Hall–Kier alpha value is -1.38. The first-order valence-electron chi connectivity index (χ1n) is 24.2. The fourth-order valence-corrected chi connectivity index (χ4v) is 8.42. The summed E-state index contributed by atoms with van der Waals surface area (Å²) in [4.78, 5) is 25.3. The summed E-state index contributed by atoms with van der Waals surface area (Å²) < 4.78 is 11.7. The maximum atomic E-state index is 13.4. The SMILES string of the molecule is CCCCCCCCCCCCCCCCCCCCC[C@@H](O)C(=O)N[C@@H](CO[C@@H]1OC(CO)[C@@H](O)C(O)C1NC(C)=O)[C@H](O)[C@H](O)C(CCCCCCC)CC(C)C.